The maximum Gasteiger partial charge on any atom is 0.417 e. The lowest BCUT2D eigenvalue weighted by Crippen LogP contribution is -2.49. The summed E-state index contributed by atoms with van der Waals surface area (Å²) in [6.45, 7) is 3.75. The van der Waals surface area contributed by atoms with Crippen molar-refractivity contribution in [1.82, 2.24) is 20.0 Å². The Labute approximate surface area is 329 Å². The number of H-pyrrole nitrogens is 1. The molecule has 0 bridgehead atoms. The van der Waals surface area contributed by atoms with E-state index in [1.165, 1.54) is 42.5 Å². The predicted molar refractivity (Wildman–Crippen MR) is 206 cm³/mol. The fourth-order valence-electron chi connectivity index (χ4n) is 6.57. The Bertz CT molecular complexity index is 2570. The molecule has 4 aromatic carbocycles. The number of hydrogen-bond acceptors (Lipinski definition) is 10. The number of carbonyl (C=O) groups is 2. The van der Waals surface area contributed by atoms with Crippen LogP contribution in [0.5, 0.6) is 0 Å². The minimum Gasteiger partial charge on any atom is -0.384 e. The summed E-state index contributed by atoms with van der Waals surface area (Å²) in [7, 11) is -4.25. The molecule has 1 aliphatic heterocycles. The second-order valence-electron chi connectivity index (χ2n) is 14.0. The molecule has 1 aliphatic rings. The van der Waals surface area contributed by atoms with Crippen LogP contribution >= 0.6 is 0 Å². The van der Waals surface area contributed by atoms with Crippen molar-refractivity contribution in [2.75, 3.05) is 55.7 Å². The summed E-state index contributed by atoms with van der Waals surface area (Å²) < 4.78 is 81.2. The molecule has 58 heavy (non-hydrogen) atoms. The number of piperazine rings is 1. The van der Waals surface area contributed by atoms with E-state index >= 15 is 0 Å². The van der Waals surface area contributed by atoms with Gasteiger partial charge in [-0.1, -0.05) is 24.3 Å². The van der Waals surface area contributed by atoms with Crippen molar-refractivity contribution in [1.29, 1.82) is 5.26 Å². The molecular weight excluding hydrogens is 783 g/mol. The number of carbonyl (C=O) groups excluding carboxylic acids is 2. The van der Waals surface area contributed by atoms with Crippen LogP contribution in [0.3, 0.4) is 0 Å². The maximum atomic E-state index is 14.9. The zero-order valence-electron chi connectivity index (χ0n) is 30.9. The maximum absolute atomic E-state index is 14.9. The lowest BCUT2D eigenvalue weighted by atomic mass is 10.0. The van der Waals surface area contributed by atoms with Gasteiger partial charge in [0.2, 0.25) is 0 Å². The number of nitrogens with one attached hydrogen (secondary N) is 3. The first kappa shape index (κ1) is 41.5. The fourth-order valence-corrected chi connectivity index (χ4v) is 8.16. The van der Waals surface area contributed by atoms with Crippen molar-refractivity contribution in [3.05, 3.63) is 129 Å². The van der Waals surface area contributed by atoms with Gasteiger partial charge in [-0.2, -0.15) is 23.5 Å². The van der Waals surface area contributed by atoms with E-state index in [0.717, 1.165) is 19.1 Å². The fraction of sp³-hybridized carbons (Fsp3) is 0.275. The molecule has 1 aromatic heterocycles. The van der Waals surface area contributed by atoms with Gasteiger partial charge in [-0.15, -0.1) is 0 Å². The highest BCUT2D eigenvalue weighted by molar-refractivity contribution is 7.91. The number of aromatic amines is 1. The minimum atomic E-state index is -4.89. The number of nitriles is 1. The summed E-state index contributed by atoms with van der Waals surface area (Å²) in [6.07, 6.45) is -4.61. The van der Waals surface area contributed by atoms with Crippen LogP contribution in [0.15, 0.2) is 94.6 Å². The quantitative estimate of drug-likeness (QED) is 0.130. The van der Waals surface area contributed by atoms with Crippen LogP contribution in [0.25, 0.3) is 10.8 Å². The average Bonchev–Trinajstić information content (AvgIpc) is 3.19. The Morgan fingerprint density at radius 2 is 1.62 bits per heavy atom. The van der Waals surface area contributed by atoms with Gasteiger partial charge in [-0.3, -0.25) is 19.3 Å². The summed E-state index contributed by atoms with van der Waals surface area (Å²) in [5.41, 5.74) is -3.42. The van der Waals surface area contributed by atoms with Crippen molar-refractivity contribution < 1.29 is 40.7 Å². The molecule has 18 heteroatoms. The third-order valence-corrected chi connectivity index (χ3v) is 11.6. The SMILES string of the molecule is C[C@](O)(CS(=O)(=O)c1ccc(NCCN2CCN(C(=O)c3cc(Cc4n[nH]c(=O)c5ccccc45)ccc3F)CC2)cc1)C(=O)Nc1ccc(C#N)c(C(F)(F)F)c1. The first-order valence-corrected chi connectivity index (χ1v) is 19.6. The van der Waals surface area contributed by atoms with Crippen LogP contribution in [-0.4, -0.2) is 96.0 Å². The molecule has 0 spiro atoms. The zero-order valence-corrected chi connectivity index (χ0v) is 31.8. The van der Waals surface area contributed by atoms with E-state index < -0.39 is 56.1 Å². The van der Waals surface area contributed by atoms with Crippen LogP contribution in [0.1, 0.15) is 39.7 Å². The number of nitrogens with zero attached hydrogens (tertiary/aromatic N) is 4. The molecule has 5 aromatic rings. The number of alkyl halides is 3. The largest absolute Gasteiger partial charge is 0.417 e. The van der Waals surface area contributed by atoms with Gasteiger partial charge in [0, 0.05) is 62.5 Å². The first-order chi connectivity index (χ1) is 27.4. The van der Waals surface area contributed by atoms with Gasteiger partial charge in [0.15, 0.2) is 15.4 Å². The second kappa shape index (κ2) is 16.7. The van der Waals surface area contributed by atoms with Crippen LogP contribution in [0.2, 0.25) is 0 Å². The number of fused-ring (bicyclic) bond motifs is 1. The summed E-state index contributed by atoms with van der Waals surface area (Å²) in [6, 6.07) is 20.8. The second-order valence-corrected chi connectivity index (χ2v) is 16.0. The highest BCUT2D eigenvalue weighted by Crippen LogP contribution is 2.34. The highest BCUT2D eigenvalue weighted by atomic mass is 32.2. The molecule has 2 heterocycles. The van der Waals surface area contributed by atoms with Crippen molar-refractivity contribution in [2.45, 2.75) is 30.0 Å². The molecule has 13 nitrogen and oxygen atoms in total. The van der Waals surface area contributed by atoms with Gasteiger partial charge in [0.25, 0.3) is 17.4 Å². The van der Waals surface area contributed by atoms with Crippen molar-refractivity contribution >= 4 is 43.8 Å². The van der Waals surface area contributed by atoms with Gasteiger partial charge >= 0.3 is 6.18 Å². The first-order valence-electron chi connectivity index (χ1n) is 17.9. The molecule has 2 amide bonds. The number of amides is 2. The number of hydrogen-bond donors (Lipinski definition) is 4. The van der Waals surface area contributed by atoms with E-state index in [9.17, 15) is 45.5 Å². The molecule has 6 rings (SSSR count). The number of halogens is 4. The van der Waals surface area contributed by atoms with Crippen molar-refractivity contribution in [3.63, 3.8) is 0 Å². The van der Waals surface area contributed by atoms with E-state index in [0.29, 0.717) is 73.1 Å². The van der Waals surface area contributed by atoms with E-state index in [4.69, 9.17) is 5.26 Å². The van der Waals surface area contributed by atoms with Crippen LogP contribution in [0, 0.1) is 17.1 Å². The molecule has 0 saturated carbocycles. The molecule has 1 atom stereocenters. The monoisotopic (exact) mass is 819 g/mol. The van der Waals surface area contributed by atoms with E-state index in [2.05, 4.69) is 25.7 Å². The van der Waals surface area contributed by atoms with Crippen LogP contribution in [-0.2, 0) is 27.2 Å². The number of rotatable bonds is 12. The van der Waals surface area contributed by atoms with Gasteiger partial charge < -0.3 is 20.6 Å². The summed E-state index contributed by atoms with van der Waals surface area (Å²) >= 11 is 0. The van der Waals surface area contributed by atoms with Crippen LogP contribution < -0.4 is 16.2 Å². The number of benzene rings is 4. The third kappa shape index (κ3) is 9.50. The van der Waals surface area contributed by atoms with Gasteiger partial charge in [-0.25, -0.2) is 17.9 Å². The summed E-state index contributed by atoms with van der Waals surface area (Å²) in [5, 5.41) is 32.8. The van der Waals surface area contributed by atoms with E-state index in [1.54, 1.807) is 35.2 Å². The molecular formula is C40H37F4N7O6S. The number of aromatic nitrogens is 2. The third-order valence-electron chi connectivity index (χ3n) is 9.70. The summed E-state index contributed by atoms with van der Waals surface area (Å²) in [5.74, 6) is -3.40. The standard InChI is InChI=1S/C40H37F4N7O6S/c1-39(55,38(54)47-28-8-7-26(23-45)33(22-28)40(42,43)44)24-58(56,57)29-11-9-27(10-12-29)46-14-15-50-16-18-51(19-17-50)37(53)32-20-25(6-13-34(32)41)21-35-30-4-2-3-5-31(30)36(52)49-48-35/h2-13,20,22,46,55H,14-19,21,24H2,1H3,(H,47,54)(H,49,52)/t39-/m0/s1. The molecule has 0 unspecified atom stereocenters. The Morgan fingerprint density at radius 1 is 0.948 bits per heavy atom. The molecule has 0 aliphatic carbocycles. The summed E-state index contributed by atoms with van der Waals surface area (Å²) in [4.78, 5) is 41.9. The molecule has 1 fully saturated rings. The smallest absolute Gasteiger partial charge is 0.384 e. The van der Waals surface area contributed by atoms with E-state index in [-0.39, 0.29) is 28.1 Å². The Balaban J connectivity index is 0.979. The van der Waals surface area contributed by atoms with Gasteiger partial charge in [0.05, 0.1) is 44.5 Å². The Morgan fingerprint density at radius 3 is 2.29 bits per heavy atom. The Kier molecular flexibility index (Phi) is 12.0. The van der Waals surface area contributed by atoms with Gasteiger partial charge in [-0.05, 0) is 73.2 Å². The van der Waals surface area contributed by atoms with Crippen molar-refractivity contribution in [2.24, 2.45) is 0 Å². The topological polar surface area (TPSA) is 189 Å². The average molecular weight is 820 g/mol. The lowest BCUT2D eigenvalue weighted by Gasteiger charge is -2.35. The number of aliphatic hydroxyl groups is 1. The number of sulfone groups is 1. The highest BCUT2D eigenvalue weighted by Gasteiger charge is 2.38. The molecule has 0 radical (unpaired) electrons. The predicted octanol–water partition coefficient (Wildman–Crippen LogP) is 4.58. The lowest BCUT2D eigenvalue weighted by molar-refractivity contribution is -0.137. The zero-order chi connectivity index (χ0) is 41.8. The molecule has 302 valence electrons. The van der Waals surface area contributed by atoms with Crippen molar-refractivity contribution in [3.8, 4) is 6.07 Å². The van der Waals surface area contributed by atoms with Crippen LogP contribution in [0.4, 0.5) is 28.9 Å². The van der Waals surface area contributed by atoms with Gasteiger partial charge in [0.1, 0.15) is 5.82 Å². The molecule has 1 saturated heterocycles. The molecule has 4 N–H and O–H groups in total. The van der Waals surface area contributed by atoms with E-state index in [1.807, 2.05) is 0 Å². The Hall–Kier alpha value is -6.16. The number of anilines is 2. The minimum absolute atomic E-state index is 0.0512. The normalized spacial score (nSPS) is 14.7.